The second-order valence-electron chi connectivity index (χ2n) is 10.7. The molecule has 1 atom stereocenters. The zero-order chi connectivity index (χ0) is 23.3. The topological polar surface area (TPSA) is 38.7 Å². The average molecular weight is 492 g/mol. The lowest BCUT2D eigenvalue weighted by Crippen LogP contribution is -2.41. The third-order valence-corrected chi connectivity index (χ3v) is 6.62. The molecule has 2 aliphatic rings. The number of benzene rings is 2. The Bertz CT molecular complexity index is 1110. The lowest BCUT2D eigenvalue weighted by atomic mass is 9.65. The van der Waals surface area contributed by atoms with Crippen LogP contribution in [0.4, 0.5) is 0 Å². The molecule has 1 unspecified atom stereocenters. The number of allylic oxidation sites excluding steroid dienone is 2. The van der Waals surface area contributed by atoms with E-state index in [9.17, 15) is 4.79 Å². The molecule has 0 radical (unpaired) electrons. The Morgan fingerprint density at radius 2 is 1.47 bits per heavy atom. The lowest BCUT2D eigenvalue weighted by Gasteiger charge is -2.38. The summed E-state index contributed by atoms with van der Waals surface area (Å²) in [5.74, 6) is -0.0808. The Morgan fingerprint density at radius 1 is 0.875 bits per heavy atom. The molecule has 4 rings (SSSR count). The first-order valence-corrected chi connectivity index (χ1v) is 11.8. The molecule has 1 aliphatic heterocycles. The standard InChI is InChI=1S/C28H30BrNO2/c1-26(2,3)21-16-28(17-22(25(21)31)27(4,5)6)23(18-11-8-7-9-12-18)24(30-32-28)19-13-10-14-20(29)15-19/h7-17,23H,1-6H3. The van der Waals surface area contributed by atoms with Gasteiger partial charge in [0.05, 0.1) is 11.6 Å². The molecule has 2 aromatic rings. The van der Waals surface area contributed by atoms with E-state index in [0.29, 0.717) is 0 Å². The molecule has 0 aromatic heterocycles. The summed E-state index contributed by atoms with van der Waals surface area (Å²) in [6, 6.07) is 18.4. The summed E-state index contributed by atoms with van der Waals surface area (Å²) in [5, 5.41) is 4.64. The summed E-state index contributed by atoms with van der Waals surface area (Å²) in [5.41, 5.74) is 3.01. The van der Waals surface area contributed by atoms with E-state index in [1.807, 2.05) is 42.5 Å². The number of hydrogen-bond acceptors (Lipinski definition) is 3. The molecule has 32 heavy (non-hydrogen) atoms. The van der Waals surface area contributed by atoms with Gasteiger partial charge in [0.25, 0.3) is 0 Å². The first-order chi connectivity index (χ1) is 14.9. The fraction of sp³-hybridized carbons (Fsp3) is 0.357. The van der Waals surface area contributed by atoms with Crippen LogP contribution >= 0.6 is 15.9 Å². The molecule has 0 amide bonds. The first-order valence-electron chi connectivity index (χ1n) is 11.0. The Kier molecular flexibility index (Phi) is 5.57. The third-order valence-electron chi connectivity index (χ3n) is 6.13. The van der Waals surface area contributed by atoms with Crippen molar-refractivity contribution >= 4 is 27.4 Å². The monoisotopic (exact) mass is 491 g/mol. The fourth-order valence-electron chi connectivity index (χ4n) is 4.48. The number of carbonyl (C=O) groups excluding carboxylic acids is 1. The highest BCUT2D eigenvalue weighted by molar-refractivity contribution is 9.10. The molecule has 0 saturated heterocycles. The van der Waals surface area contributed by atoms with Crippen LogP contribution in [0.5, 0.6) is 0 Å². The van der Waals surface area contributed by atoms with Crippen LogP contribution in [0.25, 0.3) is 0 Å². The van der Waals surface area contributed by atoms with Crippen molar-refractivity contribution in [1.29, 1.82) is 0 Å². The van der Waals surface area contributed by atoms with Gasteiger partial charge in [-0.05, 0) is 40.7 Å². The van der Waals surface area contributed by atoms with Crippen molar-refractivity contribution in [2.45, 2.75) is 53.1 Å². The minimum absolute atomic E-state index is 0.0990. The minimum atomic E-state index is -0.863. The summed E-state index contributed by atoms with van der Waals surface area (Å²) in [6.45, 7) is 12.5. The number of rotatable bonds is 2. The van der Waals surface area contributed by atoms with E-state index >= 15 is 0 Å². The summed E-state index contributed by atoms with van der Waals surface area (Å²) >= 11 is 3.59. The molecule has 2 aromatic carbocycles. The fourth-order valence-corrected chi connectivity index (χ4v) is 4.88. The Morgan fingerprint density at radius 3 is 2.00 bits per heavy atom. The maximum atomic E-state index is 13.6. The van der Waals surface area contributed by atoms with E-state index in [0.717, 1.165) is 32.5 Å². The quantitative estimate of drug-likeness (QED) is 0.444. The second kappa shape index (κ2) is 7.84. The maximum Gasteiger partial charge on any atom is 0.187 e. The summed E-state index contributed by atoms with van der Waals surface area (Å²) in [4.78, 5) is 19.9. The number of ketones is 1. The van der Waals surface area contributed by atoms with Crippen molar-refractivity contribution in [1.82, 2.24) is 0 Å². The van der Waals surface area contributed by atoms with Gasteiger partial charge in [0.15, 0.2) is 11.4 Å². The van der Waals surface area contributed by atoms with Gasteiger partial charge >= 0.3 is 0 Å². The Balaban J connectivity index is 1.98. The summed E-state index contributed by atoms with van der Waals surface area (Å²) in [6.07, 6.45) is 4.05. The maximum absolute atomic E-state index is 13.6. The molecule has 4 heteroatoms. The molecule has 0 saturated carbocycles. The van der Waals surface area contributed by atoms with Gasteiger partial charge in [0, 0.05) is 21.2 Å². The van der Waals surface area contributed by atoms with Crippen molar-refractivity contribution in [2.75, 3.05) is 0 Å². The summed E-state index contributed by atoms with van der Waals surface area (Å²) < 4.78 is 0.987. The van der Waals surface area contributed by atoms with Crippen molar-refractivity contribution in [2.24, 2.45) is 16.0 Å². The molecule has 0 fully saturated rings. The highest BCUT2D eigenvalue weighted by Crippen LogP contribution is 2.49. The zero-order valence-electron chi connectivity index (χ0n) is 19.6. The van der Waals surface area contributed by atoms with Gasteiger partial charge in [-0.2, -0.15) is 0 Å². The molecule has 3 nitrogen and oxygen atoms in total. The van der Waals surface area contributed by atoms with Gasteiger partial charge in [-0.1, -0.05) is 105 Å². The van der Waals surface area contributed by atoms with Gasteiger partial charge in [0.1, 0.15) is 0 Å². The predicted octanol–water partition coefficient (Wildman–Crippen LogP) is 7.23. The van der Waals surface area contributed by atoms with E-state index in [1.165, 1.54) is 0 Å². The largest absolute Gasteiger partial charge is 0.379 e. The smallest absolute Gasteiger partial charge is 0.187 e. The molecule has 166 valence electrons. The Labute approximate surface area is 199 Å². The molecule has 1 spiro atoms. The molecule has 0 N–H and O–H groups in total. The van der Waals surface area contributed by atoms with Gasteiger partial charge < -0.3 is 4.84 Å². The SMILES string of the molecule is CC(C)(C)C1=CC2(C=C(C(C)(C)C)C1=O)ON=C(c1cccc(Br)c1)C2c1ccccc1. The number of halogens is 1. The van der Waals surface area contributed by atoms with Crippen molar-refractivity contribution < 1.29 is 9.63 Å². The minimum Gasteiger partial charge on any atom is -0.379 e. The van der Waals surface area contributed by atoms with Crippen LogP contribution in [-0.4, -0.2) is 17.1 Å². The summed E-state index contributed by atoms with van der Waals surface area (Å²) in [7, 11) is 0. The number of carbonyl (C=O) groups is 1. The van der Waals surface area contributed by atoms with Crippen LogP contribution < -0.4 is 0 Å². The van der Waals surface area contributed by atoms with Crippen LogP contribution in [0.2, 0.25) is 0 Å². The molecular formula is C28H30BrNO2. The van der Waals surface area contributed by atoms with Crippen LogP contribution in [0, 0.1) is 10.8 Å². The molecule has 1 heterocycles. The van der Waals surface area contributed by atoms with Gasteiger partial charge in [-0.25, -0.2) is 0 Å². The van der Waals surface area contributed by atoms with Crippen molar-refractivity contribution in [3.8, 4) is 0 Å². The normalized spacial score (nSPS) is 20.5. The van der Waals surface area contributed by atoms with Crippen LogP contribution in [0.1, 0.15) is 58.6 Å². The number of hydrogen-bond donors (Lipinski definition) is 0. The van der Waals surface area contributed by atoms with Gasteiger partial charge in [0.2, 0.25) is 0 Å². The van der Waals surface area contributed by atoms with Crippen molar-refractivity contribution in [3.63, 3.8) is 0 Å². The third kappa shape index (κ3) is 4.01. The average Bonchev–Trinajstić information content (AvgIpc) is 3.07. The van der Waals surface area contributed by atoms with Gasteiger partial charge in [-0.15, -0.1) is 0 Å². The molecule has 1 aliphatic carbocycles. The van der Waals surface area contributed by atoms with Gasteiger partial charge in [-0.3, -0.25) is 4.79 Å². The highest BCUT2D eigenvalue weighted by atomic mass is 79.9. The van der Waals surface area contributed by atoms with E-state index in [4.69, 9.17) is 4.84 Å². The predicted molar refractivity (Wildman–Crippen MR) is 134 cm³/mol. The zero-order valence-corrected chi connectivity index (χ0v) is 21.2. The number of nitrogens with zero attached hydrogens (tertiary/aromatic N) is 1. The second-order valence-corrected chi connectivity index (χ2v) is 11.6. The van der Waals surface area contributed by atoms with Crippen LogP contribution in [0.3, 0.4) is 0 Å². The Hall–Kier alpha value is -2.46. The first kappa shape index (κ1) is 22.7. The number of oxime groups is 1. The van der Waals surface area contributed by atoms with E-state index < -0.39 is 5.60 Å². The van der Waals surface area contributed by atoms with E-state index in [-0.39, 0.29) is 22.5 Å². The van der Waals surface area contributed by atoms with Crippen molar-refractivity contribution in [3.05, 3.63) is 93.5 Å². The lowest BCUT2D eigenvalue weighted by molar-refractivity contribution is -0.114. The number of Topliss-reactive ketones (excluding diaryl/α,β-unsaturated/α-hetero) is 1. The van der Waals surface area contributed by atoms with E-state index in [2.05, 4.69) is 86.9 Å². The highest BCUT2D eigenvalue weighted by Gasteiger charge is 2.52. The molecular weight excluding hydrogens is 462 g/mol. The van der Waals surface area contributed by atoms with Crippen LogP contribution in [0.15, 0.2) is 87.5 Å². The van der Waals surface area contributed by atoms with Crippen LogP contribution in [-0.2, 0) is 9.63 Å². The van der Waals surface area contributed by atoms with E-state index in [1.54, 1.807) is 0 Å². The molecule has 0 bridgehead atoms.